The molecule has 1 atom stereocenters. The highest BCUT2D eigenvalue weighted by atomic mass is 35.5. The predicted octanol–water partition coefficient (Wildman–Crippen LogP) is 1.99. The summed E-state index contributed by atoms with van der Waals surface area (Å²) in [6.07, 6.45) is 4.91. The fourth-order valence-corrected chi connectivity index (χ4v) is 2.91. The van der Waals surface area contributed by atoms with E-state index in [1.54, 1.807) is 0 Å². The van der Waals surface area contributed by atoms with Crippen LogP contribution >= 0.6 is 11.6 Å². The third kappa shape index (κ3) is 2.47. The van der Waals surface area contributed by atoms with Crippen LogP contribution in [-0.4, -0.2) is 43.9 Å². The van der Waals surface area contributed by atoms with Gasteiger partial charge in [0, 0.05) is 6.54 Å². The van der Waals surface area contributed by atoms with Crippen molar-refractivity contribution in [3.8, 4) is 0 Å². The molecule has 0 saturated carbocycles. The molecule has 1 aromatic rings. The summed E-state index contributed by atoms with van der Waals surface area (Å²) < 4.78 is 0. The Morgan fingerprint density at radius 2 is 2.25 bits per heavy atom. The number of nitrogens with zero attached hydrogens (tertiary/aromatic N) is 3. The summed E-state index contributed by atoms with van der Waals surface area (Å²) in [4.78, 5) is 33.3. The Morgan fingerprint density at radius 1 is 1.50 bits per heavy atom. The Morgan fingerprint density at radius 3 is 2.85 bits per heavy atom. The van der Waals surface area contributed by atoms with E-state index in [0.717, 1.165) is 0 Å². The number of aromatic nitrogens is 2. The van der Waals surface area contributed by atoms with Gasteiger partial charge in [-0.2, -0.15) is 0 Å². The van der Waals surface area contributed by atoms with E-state index in [0.29, 0.717) is 32.2 Å². The average Bonchev–Trinajstić information content (AvgIpc) is 2.83. The summed E-state index contributed by atoms with van der Waals surface area (Å²) in [5.41, 5.74) is -1.04. The van der Waals surface area contributed by atoms with E-state index in [-0.39, 0.29) is 10.8 Å². The highest BCUT2D eigenvalue weighted by Crippen LogP contribution is 2.35. The van der Waals surface area contributed by atoms with E-state index in [1.165, 1.54) is 17.3 Å². The van der Waals surface area contributed by atoms with Crippen LogP contribution in [0.3, 0.4) is 0 Å². The van der Waals surface area contributed by atoms with Gasteiger partial charge in [-0.1, -0.05) is 24.9 Å². The van der Waals surface area contributed by atoms with Gasteiger partial charge >= 0.3 is 5.97 Å². The number of amides is 1. The highest BCUT2D eigenvalue weighted by molar-refractivity contribution is 6.29. The molecular formula is C13H16ClN3O3. The van der Waals surface area contributed by atoms with Crippen LogP contribution in [0.4, 0.5) is 0 Å². The van der Waals surface area contributed by atoms with E-state index < -0.39 is 17.4 Å². The summed E-state index contributed by atoms with van der Waals surface area (Å²) in [6.45, 7) is 2.32. The molecule has 1 amide bonds. The average molecular weight is 298 g/mol. The van der Waals surface area contributed by atoms with Crippen molar-refractivity contribution in [2.75, 3.05) is 6.54 Å². The molecule has 1 aliphatic rings. The lowest BCUT2D eigenvalue weighted by molar-refractivity contribution is -0.148. The minimum Gasteiger partial charge on any atom is -0.479 e. The summed E-state index contributed by atoms with van der Waals surface area (Å²) >= 11 is 5.73. The van der Waals surface area contributed by atoms with Crippen molar-refractivity contribution < 1.29 is 14.7 Å². The molecule has 0 radical (unpaired) electrons. The number of hydrogen-bond donors (Lipinski definition) is 1. The van der Waals surface area contributed by atoms with E-state index in [9.17, 15) is 14.7 Å². The first-order chi connectivity index (χ1) is 9.51. The number of carbonyl (C=O) groups is 2. The van der Waals surface area contributed by atoms with Gasteiger partial charge in [0.15, 0.2) is 0 Å². The molecule has 7 heteroatoms. The van der Waals surface area contributed by atoms with E-state index in [1.807, 2.05) is 6.92 Å². The number of carboxylic acids is 1. The second-order valence-corrected chi connectivity index (χ2v) is 5.26. The maximum Gasteiger partial charge on any atom is 0.329 e. The van der Waals surface area contributed by atoms with E-state index in [2.05, 4.69) is 9.97 Å². The Balaban J connectivity index is 2.34. The minimum atomic E-state index is -1.13. The Labute approximate surface area is 121 Å². The van der Waals surface area contributed by atoms with Crippen LogP contribution in [0.2, 0.25) is 5.15 Å². The molecule has 108 valence electrons. The molecule has 1 saturated heterocycles. The molecule has 0 aliphatic carbocycles. The van der Waals surface area contributed by atoms with Gasteiger partial charge in [0.25, 0.3) is 5.91 Å². The van der Waals surface area contributed by atoms with Crippen molar-refractivity contribution in [3.63, 3.8) is 0 Å². The number of likely N-dealkylation sites (tertiary alicyclic amines) is 1. The van der Waals surface area contributed by atoms with Crippen molar-refractivity contribution >= 4 is 23.5 Å². The van der Waals surface area contributed by atoms with Gasteiger partial charge in [0.1, 0.15) is 16.4 Å². The highest BCUT2D eigenvalue weighted by Gasteiger charge is 2.49. The molecule has 0 aromatic carbocycles. The SMILES string of the molecule is CCCC1(C(=O)O)CCCN1C(=O)c1cncc(Cl)n1. The van der Waals surface area contributed by atoms with Crippen LogP contribution in [0.1, 0.15) is 43.1 Å². The molecule has 1 aliphatic heterocycles. The first kappa shape index (κ1) is 14.7. The van der Waals surface area contributed by atoms with Gasteiger partial charge in [-0.25, -0.2) is 9.78 Å². The Bertz CT molecular complexity index is 537. The fourth-order valence-electron chi connectivity index (χ4n) is 2.76. The van der Waals surface area contributed by atoms with E-state index >= 15 is 0 Å². The van der Waals surface area contributed by atoms with Crippen molar-refractivity contribution in [2.24, 2.45) is 0 Å². The maximum absolute atomic E-state index is 12.5. The number of rotatable bonds is 4. The molecule has 1 N–H and O–H groups in total. The number of hydrogen-bond acceptors (Lipinski definition) is 4. The molecule has 20 heavy (non-hydrogen) atoms. The molecule has 0 spiro atoms. The summed E-state index contributed by atoms with van der Waals surface area (Å²) in [6, 6.07) is 0. The van der Waals surface area contributed by atoms with Crippen LogP contribution < -0.4 is 0 Å². The lowest BCUT2D eigenvalue weighted by Gasteiger charge is -2.34. The molecule has 0 bridgehead atoms. The zero-order chi connectivity index (χ0) is 14.8. The van der Waals surface area contributed by atoms with Crippen molar-refractivity contribution in [1.29, 1.82) is 0 Å². The smallest absolute Gasteiger partial charge is 0.329 e. The third-order valence-electron chi connectivity index (χ3n) is 3.62. The van der Waals surface area contributed by atoms with Gasteiger partial charge in [0.05, 0.1) is 12.4 Å². The lowest BCUT2D eigenvalue weighted by Crippen LogP contribution is -2.53. The minimum absolute atomic E-state index is 0.0844. The zero-order valence-electron chi connectivity index (χ0n) is 11.2. The standard InChI is InChI=1S/C13H16ClN3O3/c1-2-4-13(12(19)20)5-3-6-17(13)11(18)9-7-15-8-10(14)16-9/h7-8H,2-6H2,1H3,(H,19,20). The summed E-state index contributed by atoms with van der Waals surface area (Å²) in [5, 5.41) is 9.68. The molecular weight excluding hydrogens is 282 g/mol. The Hall–Kier alpha value is -1.69. The molecule has 1 unspecified atom stereocenters. The molecule has 6 nitrogen and oxygen atoms in total. The Kier molecular flexibility index (Phi) is 4.23. The van der Waals surface area contributed by atoms with Crippen molar-refractivity contribution in [1.82, 2.24) is 14.9 Å². The maximum atomic E-state index is 12.5. The van der Waals surface area contributed by atoms with Crippen molar-refractivity contribution in [2.45, 2.75) is 38.1 Å². The fraction of sp³-hybridized carbons (Fsp3) is 0.538. The van der Waals surface area contributed by atoms with Crippen LogP contribution in [0, 0.1) is 0 Å². The van der Waals surface area contributed by atoms with Gasteiger partial charge in [-0.05, 0) is 19.3 Å². The lowest BCUT2D eigenvalue weighted by atomic mass is 9.90. The number of carboxylic acid groups (broad SMARTS) is 1. The van der Waals surface area contributed by atoms with Gasteiger partial charge in [0.2, 0.25) is 0 Å². The van der Waals surface area contributed by atoms with Crippen LogP contribution in [-0.2, 0) is 4.79 Å². The first-order valence-electron chi connectivity index (χ1n) is 6.54. The molecule has 2 heterocycles. The van der Waals surface area contributed by atoms with Crippen LogP contribution in [0.25, 0.3) is 0 Å². The summed E-state index contributed by atoms with van der Waals surface area (Å²) in [5.74, 6) is -1.38. The topological polar surface area (TPSA) is 83.4 Å². The first-order valence-corrected chi connectivity index (χ1v) is 6.92. The molecule has 1 aromatic heterocycles. The largest absolute Gasteiger partial charge is 0.479 e. The van der Waals surface area contributed by atoms with Crippen LogP contribution in [0.5, 0.6) is 0 Å². The van der Waals surface area contributed by atoms with Gasteiger partial charge in [-0.3, -0.25) is 9.78 Å². The third-order valence-corrected chi connectivity index (χ3v) is 3.80. The second-order valence-electron chi connectivity index (χ2n) is 4.87. The quantitative estimate of drug-likeness (QED) is 0.919. The predicted molar refractivity (Wildman–Crippen MR) is 72.6 cm³/mol. The van der Waals surface area contributed by atoms with Crippen LogP contribution in [0.15, 0.2) is 12.4 Å². The number of carbonyl (C=O) groups excluding carboxylic acids is 1. The number of aliphatic carboxylic acids is 1. The van der Waals surface area contributed by atoms with Gasteiger partial charge < -0.3 is 10.0 Å². The normalized spacial score (nSPS) is 22.0. The van der Waals surface area contributed by atoms with E-state index in [4.69, 9.17) is 11.6 Å². The van der Waals surface area contributed by atoms with Gasteiger partial charge in [-0.15, -0.1) is 0 Å². The van der Waals surface area contributed by atoms with Crippen molar-refractivity contribution in [3.05, 3.63) is 23.2 Å². The number of halogens is 1. The zero-order valence-corrected chi connectivity index (χ0v) is 11.9. The molecule has 1 fully saturated rings. The molecule has 2 rings (SSSR count). The summed E-state index contributed by atoms with van der Waals surface area (Å²) in [7, 11) is 0. The monoisotopic (exact) mass is 297 g/mol. The second kappa shape index (κ2) is 5.75.